The number of benzene rings is 1. The SMILES string of the molecule is O=C(O)C=Cc1cc(CN2CCOC2=O)ccc1F. The van der Waals surface area contributed by atoms with Gasteiger partial charge in [0.15, 0.2) is 0 Å². The molecular weight excluding hydrogens is 253 g/mol. The summed E-state index contributed by atoms with van der Waals surface area (Å²) < 4.78 is 18.3. The van der Waals surface area contributed by atoms with E-state index in [0.717, 1.165) is 6.08 Å². The van der Waals surface area contributed by atoms with Crippen LogP contribution in [0.4, 0.5) is 9.18 Å². The summed E-state index contributed by atoms with van der Waals surface area (Å²) in [6, 6.07) is 4.32. The highest BCUT2D eigenvalue weighted by atomic mass is 19.1. The molecule has 1 amide bonds. The molecule has 0 radical (unpaired) electrons. The van der Waals surface area contributed by atoms with E-state index >= 15 is 0 Å². The third kappa shape index (κ3) is 3.31. The number of halogens is 1. The van der Waals surface area contributed by atoms with Crippen molar-refractivity contribution in [2.24, 2.45) is 0 Å². The van der Waals surface area contributed by atoms with Gasteiger partial charge in [0.25, 0.3) is 0 Å². The lowest BCUT2D eigenvalue weighted by atomic mass is 10.1. The van der Waals surface area contributed by atoms with Gasteiger partial charge in [0.2, 0.25) is 0 Å². The lowest BCUT2D eigenvalue weighted by molar-refractivity contribution is -0.131. The van der Waals surface area contributed by atoms with Crippen LogP contribution in [0.2, 0.25) is 0 Å². The Bertz CT molecular complexity index is 541. The van der Waals surface area contributed by atoms with Crippen LogP contribution in [0, 0.1) is 5.82 Å². The van der Waals surface area contributed by atoms with Crippen LogP contribution in [0.25, 0.3) is 6.08 Å². The monoisotopic (exact) mass is 265 g/mol. The number of carboxylic acid groups (broad SMARTS) is 1. The zero-order chi connectivity index (χ0) is 13.8. The molecule has 1 saturated heterocycles. The summed E-state index contributed by atoms with van der Waals surface area (Å²) in [6.45, 7) is 1.16. The van der Waals surface area contributed by atoms with Crippen molar-refractivity contribution < 1.29 is 23.8 Å². The largest absolute Gasteiger partial charge is 0.478 e. The van der Waals surface area contributed by atoms with Crippen LogP contribution in [0.15, 0.2) is 24.3 Å². The molecule has 1 fully saturated rings. The molecule has 0 unspecified atom stereocenters. The Kier molecular flexibility index (Phi) is 3.79. The maximum Gasteiger partial charge on any atom is 0.410 e. The maximum atomic E-state index is 13.5. The fraction of sp³-hybridized carbons (Fsp3) is 0.231. The first-order valence-electron chi connectivity index (χ1n) is 5.67. The van der Waals surface area contributed by atoms with Crippen LogP contribution < -0.4 is 0 Å². The molecule has 1 aromatic rings. The molecule has 1 aliphatic rings. The van der Waals surface area contributed by atoms with Crippen molar-refractivity contribution >= 4 is 18.1 Å². The van der Waals surface area contributed by atoms with E-state index in [-0.39, 0.29) is 5.56 Å². The van der Waals surface area contributed by atoms with E-state index in [1.54, 1.807) is 6.07 Å². The second-order valence-corrected chi connectivity index (χ2v) is 4.06. The minimum absolute atomic E-state index is 0.174. The van der Waals surface area contributed by atoms with Crippen LogP contribution in [0.1, 0.15) is 11.1 Å². The average Bonchev–Trinajstić information content (AvgIpc) is 2.75. The smallest absolute Gasteiger partial charge is 0.410 e. The summed E-state index contributed by atoms with van der Waals surface area (Å²) in [6.07, 6.45) is 1.66. The minimum atomic E-state index is -1.15. The van der Waals surface area contributed by atoms with Crippen LogP contribution in [-0.4, -0.2) is 35.2 Å². The van der Waals surface area contributed by atoms with Crippen molar-refractivity contribution in [2.75, 3.05) is 13.2 Å². The topological polar surface area (TPSA) is 66.8 Å². The molecule has 100 valence electrons. The number of carboxylic acids is 1. The van der Waals surface area contributed by atoms with Gasteiger partial charge in [-0.3, -0.25) is 0 Å². The second kappa shape index (κ2) is 5.51. The fourth-order valence-corrected chi connectivity index (χ4v) is 1.77. The summed E-state index contributed by atoms with van der Waals surface area (Å²) in [5.41, 5.74) is 0.887. The Morgan fingerprint density at radius 2 is 2.32 bits per heavy atom. The lowest BCUT2D eigenvalue weighted by Gasteiger charge is -2.13. The molecule has 6 heteroatoms. The molecule has 1 aromatic carbocycles. The summed E-state index contributed by atoms with van der Waals surface area (Å²) in [7, 11) is 0. The Morgan fingerprint density at radius 1 is 1.53 bits per heavy atom. The predicted octanol–water partition coefficient (Wildman–Crippen LogP) is 1.88. The van der Waals surface area contributed by atoms with Crippen molar-refractivity contribution in [2.45, 2.75) is 6.54 Å². The Hall–Kier alpha value is -2.37. The zero-order valence-corrected chi connectivity index (χ0v) is 10.0. The number of amides is 1. The van der Waals surface area contributed by atoms with Gasteiger partial charge in [-0.05, 0) is 23.8 Å². The molecule has 0 bridgehead atoms. The normalized spacial score (nSPS) is 15.0. The summed E-state index contributed by atoms with van der Waals surface area (Å²) in [5.74, 6) is -1.65. The zero-order valence-electron chi connectivity index (χ0n) is 10.0. The van der Waals surface area contributed by atoms with Crippen LogP contribution in [-0.2, 0) is 16.1 Å². The molecule has 0 atom stereocenters. The Labute approximate surface area is 108 Å². The molecule has 1 aliphatic heterocycles. The van der Waals surface area contributed by atoms with Crippen molar-refractivity contribution in [3.05, 3.63) is 41.2 Å². The highest BCUT2D eigenvalue weighted by molar-refractivity contribution is 5.85. The van der Waals surface area contributed by atoms with Crippen molar-refractivity contribution in [1.29, 1.82) is 0 Å². The van der Waals surface area contributed by atoms with Gasteiger partial charge in [0.05, 0.1) is 6.54 Å². The number of aliphatic carboxylic acids is 1. The molecule has 5 nitrogen and oxygen atoms in total. The van der Waals surface area contributed by atoms with E-state index in [1.807, 2.05) is 0 Å². The second-order valence-electron chi connectivity index (χ2n) is 4.06. The van der Waals surface area contributed by atoms with Crippen LogP contribution in [0.3, 0.4) is 0 Å². The number of rotatable bonds is 4. The first-order chi connectivity index (χ1) is 9.06. The molecule has 19 heavy (non-hydrogen) atoms. The number of ether oxygens (including phenoxy) is 1. The van der Waals surface area contributed by atoms with E-state index in [1.165, 1.54) is 23.1 Å². The van der Waals surface area contributed by atoms with Gasteiger partial charge in [-0.2, -0.15) is 0 Å². The number of carbonyl (C=O) groups is 2. The highest BCUT2D eigenvalue weighted by Gasteiger charge is 2.21. The van der Waals surface area contributed by atoms with E-state index in [9.17, 15) is 14.0 Å². The summed E-state index contributed by atoms with van der Waals surface area (Å²) in [4.78, 5) is 23.2. The van der Waals surface area contributed by atoms with Gasteiger partial charge in [0, 0.05) is 18.2 Å². The number of cyclic esters (lactones) is 1. The summed E-state index contributed by atoms with van der Waals surface area (Å²) in [5, 5.41) is 8.52. The molecule has 0 aliphatic carbocycles. The maximum absolute atomic E-state index is 13.5. The number of hydrogen-bond donors (Lipinski definition) is 1. The molecule has 1 heterocycles. The number of hydrogen-bond acceptors (Lipinski definition) is 3. The van der Waals surface area contributed by atoms with Crippen LogP contribution >= 0.6 is 0 Å². The van der Waals surface area contributed by atoms with Crippen molar-refractivity contribution in [3.8, 4) is 0 Å². The van der Waals surface area contributed by atoms with Gasteiger partial charge in [0.1, 0.15) is 12.4 Å². The predicted molar refractivity (Wildman–Crippen MR) is 64.8 cm³/mol. The van der Waals surface area contributed by atoms with Gasteiger partial charge in [-0.15, -0.1) is 0 Å². The first-order valence-corrected chi connectivity index (χ1v) is 5.67. The minimum Gasteiger partial charge on any atom is -0.478 e. The van der Waals surface area contributed by atoms with Crippen molar-refractivity contribution in [1.82, 2.24) is 4.90 Å². The molecule has 0 aromatic heterocycles. The van der Waals surface area contributed by atoms with E-state index in [0.29, 0.717) is 25.3 Å². The van der Waals surface area contributed by atoms with E-state index < -0.39 is 17.9 Å². The third-order valence-corrected chi connectivity index (χ3v) is 2.68. The van der Waals surface area contributed by atoms with E-state index in [2.05, 4.69) is 0 Å². The standard InChI is InChI=1S/C13H12FNO4/c14-11-3-1-9(7-10(11)2-4-12(16)17)8-15-5-6-19-13(15)18/h1-4,7H,5-6,8H2,(H,16,17). The Balaban J connectivity index is 2.16. The average molecular weight is 265 g/mol. The van der Waals surface area contributed by atoms with Crippen LogP contribution in [0.5, 0.6) is 0 Å². The van der Waals surface area contributed by atoms with E-state index in [4.69, 9.17) is 9.84 Å². The van der Waals surface area contributed by atoms with Gasteiger partial charge < -0.3 is 14.7 Å². The van der Waals surface area contributed by atoms with Crippen molar-refractivity contribution in [3.63, 3.8) is 0 Å². The molecular formula is C13H12FNO4. The quantitative estimate of drug-likeness (QED) is 0.844. The molecule has 0 saturated carbocycles. The summed E-state index contributed by atoms with van der Waals surface area (Å²) >= 11 is 0. The third-order valence-electron chi connectivity index (χ3n) is 2.68. The first kappa shape index (κ1) is 13.1. The lowest BCUT2D eigenvalue weighted by Crippen LogP contribution is -2.23. The molecule has 0 spiro atoms. The van der Waals surface area contributed by atoms with Gasteiger partial charge in [-0.25, -0.2) is 14.0 Å². The number of nitrogens with zero attached hydrogens (tertiary/aromatic N) is 1. The van der Waals surface area contributed by atoms with Gasteiger partial charge >= 0.3 is 12.1 Å². The Morgan fingerprint density at radius 3 is 2.95 bits per heavy atom. The molecule has 1 N–H and O–H groups in total. The fourth-order valence-electron chi connectivity index (χ4n) is 1.77. The highest BCUT2D eigenvalue weighted by Crippen LogP contribution is 2.16. The van der Waals surface area contributed by atoms with Gasteiger partial charge in [-0.1, -0.05) is 6.07 Å². The molecule has 2 rings (SSSR count). The number of carbonyl (C=O) groups excluding carboxylic acids is 1.